The van der Waals surface area contributed by atoms with Crippen LogP contribution in [0.1, 0.15) is 36.9 Å². The molecule has 0 saturated carbocycles. The number of nitrogens with one attached hydrogen (secondary N) is 1. The second-order valence-corrected chi connectivity index (χ2v) is 6.70. The minimum Gasteiger partial charge on any atom is -0.374 e. The fourth-order valence-electron chi connectivity index (χ4n) is 4.09. The topological polar surface area (TPSA) is 18.5 Å². The van der Waals surface area contributed by atoms with E-state index in [1.807, 2.05) is 0 Å². The molecular weight excluding hydrogens is 258 g/mol. The lowest BCUT2D eigenvalue weighted by Gasteiger charge is -2.31. The average molecular weight is 287 g/mol. The van der Waals surface area contributed by atoms with Crippen LogP contribution in [0.3, 0.4) is 0 Å². The molecule has 1 aromatic carbocycles. The van der Waals surface area contributed by atoms with E-state index in [1.54, 1.807) is 5.56 Å². The largest absolute Gasteiger partial charge is 0.374 e. The van der Waals surface area contributed by atoms with Gasteiger partial charge in [-0.3, -0.25) is 4.90 Å². The summed E-state index contributed by atoms with van der Waals surface area (Å²) in [7, 11) is 4.50. The lowest BCUT2D eigenvalue weighted by molar-refractivity contribution is 0.272. The van der Waals surface area contributed by atoms with Crippen molar-refractivity contribution in [1.82, 2.24) is 10.2 Å². The van der Waals surface area contributed by atoms with Crippen molar-refractivity contribution in [3.63, 3.8) is 0 Å². The van der Waals surface area contributed by atoms with Gasteiger partial charge in [-0.1, -0.05) is 19.1 Å². The number of nitrogens with zero attached hydrogens (tertiary/aromatic N) is 2. The maximum atomic E-state index is 3.54. The number of anilines is 1. The molecule has 1 aromatic rings. The first kappa shape index (κ1) is 14.9. The third kappa shape index (κ3) is 2.95. The van der Waals surface area contributed by atoms with Crippen molar-refractivity contribution in [3.05, 3.63) is 29.3 Å². The zero-order chi connectivity index (χ0) is 14.8. The molecule has 21 heavy (non-hydrogen) atoms. The van der Waals surface area contributed by atoms with Gasteiger partial charge >= 0.3 is 0 Å². The van der Waals surface area contributed by atoms with Crippen LogP contribution >= 0.6 is 0 Å². The predicted molar refractivity (Wildman–Crippen MR) is 90.1 cm³/mol. The lowest BCUT2D eigenvalue weighted by Crippen LogP contribution is -2.29. The van der Waals surface area contributed by atoms with Crippen molar-refractivity contribution >= 4 is 5.69 Å². The van der Waals surface area contributed by atoms with Crippen LogP contribution in [0.5, 0.6) is 0 Å². The fraction of sp³-hybridized carbons (Fsp3) is 0.667. The van der Waals surface area contributed by atoms with Gasteiger partial charge in [-0.15, -0.1) is 0 Å². The van der Waals surface area contributed by atoms with Crippen LogP contribution in [0.2, 0.25) is 0 Å². The third-order valence-corrected chi connectivity index (χ3v) is 5.23. The monoisotopic (exact) mass is 287 g/mol. The molecule has 1 saturated heterocycles. The molecule has 3 heteroatoms. The van der Waals surface area contributed by atoms with Crippen LogP contribution in [0.4, 0.5) is 5.69 Å². The first-order valence-corrected chi connectivity index (χ1v) is 8.45. The lowest BCUT2D eigenvalue weighted by atomic mass is 9.90. The van der Waals surface area contributed by atoms with Gasteiger partial charge in [0.2, 0.25) is 0 Å². The number of hydrogen-bond donors (Lipinski definition) is 1. The van der Waals surface area contributed by atoms with Gasteiger partial charge in [0.05, 0.1) is 0 Å². The molecule has 3 nitrogen and oxygen atoms in total. The van der Waals surface area contributed by atoms with Crippen molar-refractivity contribution in [2.75, 3.05) is 45.2 Å². The summed E-state index contributed by atoms with van der Waals surface area (Å²) in [5.41, 5.74) is 4.50. The Labute approximate surface area is 129 Å². The molecule has 3 rings (SSSR count). The minimum atomic E-state index is 0.585. The molecule has 2 aliphatic rings. The first-order chi connectivity index (χ1) is 10.2. The smallest absolute Gasteiger partial charge is 0.0396 e. The van der Waals surface area contributed by atoms with Gasteiger partial charge in [-0.05, 0) is 69.1 Å². The Kier molecular flexibility index (Phi) is 4.51. The highest BCUT2D eigenvalue weighted by molar-refractivity contribution is 5.56. The first-order valence-electron chi connectivity index (χ1n) is 8.45. The standard InChI is InChI=1S/C18H29N3/c1-4-19-13-16-9-11-21(3)18(16)15-7-8-17-14(12-15)6-5-10-20(17)2/h7-8,12,16,18-19H,4-6,9-11,13H2,1-3H3. The SMILES string of the molecule is CCNCC1CCN(C)C1c1ccc2c(c1)CCCN2C. The molecule has 0 aliphatic carbocycles. The third-order valence-electron chi connectivity index (χ3n) is 5.23. The van der Waals surface area contributed by atoms with E-state index in [0.717, 1.165) is 19.0 Å². The molecule has 2 aliphatic heterocycles. The highest BCUT2D eigenvalue weighted by Crippen LogP contribution is 2.38. The summed E-state index contributed by atoms with van der Waals surface area (Å²) in [5.74, 6) is 0.745. The maximum absolute atomic E-state index is 3.54. The fourth-order valence-corrected chi connectivity index (χ4v) is 4.09. The maximum Gasteiger partial charge on any atom is 0.0396 e. The van der Waals surface area contributed by atoms with Crippen LogP contribution in [-0.4, -0.2) is 45.2 Å². The molecule has 2 atom stereocenters. The minimum absolute atomic E-state index is 0.585. The Bertz CT molecular complexity index is 485. The van der Waals surface area contributed by atoms with Gasteiger partial charge in [0.15, 0.2) is 0 Å². The molecule has 0 bridgehead atoms. The van der Waals surface area contributed by atoms with E-state index in [4.69, 9.17) is 0 Å². The molecular formula is C18H29N3. The highest BCUT2D eigenvalue weighted by Gasteiger charge is 2.33. The average Bonchev–Trinajstić information content (AvgIpc) is 2.86. The van der Waals surface area contributed by atoms with Gasteiger partial charge in [0.25, 0.3) is 0 Å². The van der Waals surface area contributed by atoms with Gasteiger partial charge in [-0.2, -0.15) is 0 Å². The van der Waals surface area contributed by atoms with Crippen LogP contribution in [-0.2, 0) is 6.42 Å². The second-order valence-electron chi connectivity index (χ2n) is 6.70. The number of fused-ring (bicyclic) bond motifs is 1. The summed E-state index contributed by atoms with van der Waals surface area (Å²) in [4.78, 5) is 4.94. The molecule has 1 fully saturated rings. The molecule has 0 radical (unpaired) electrons. The molecule has 2 heterocycles. The number of likely N-dealkylation sites (tertiary alicyclic amines) is 1. The van der Waals surface area contributed by atoms with E-state index in [2.05, 4.69) is 54.3 Å². The number of benzene rings is 1. The zero-order valence-corrected chi connectivity index (χ0v) is 13.7. The van der Waals surface area contributed by atoms with Crippen LogP contribution in [0.15, 0.2) is 18.2 Å². The van der Waals surface area contributed by atoms with Gasteiger partial charge in [0.1, 0.15) is 0 Å². The predicted octanol–water partition coefficient (Wildman–Crippen LogP) is 2.67. The quantitative estimate of drug-likeness (QED) is 0.918. The van der Waals surface area contributed by atoms with Gasteiger partial charge in [0, 0.05) is 25.3 Å². The molecule has 0 aromatic heterocycles. The number of rotatable bonds is 4. The zero-order valence-electron chi connectivity index (χ0n) is 13.7. The number of hydrogen-bond acceptors (Lipinski definition) is 3. The van der Waals surface area contributed by atoms with Gasteiger partial charge in [-0.25, -0.2) is 0 Å². The van der Waals surface area contributed by atoms with Crippen molar-refractivity contribution in [3.8, 4) is 0 Å². The van der Waals surface area contributed by atoms with Crippen molar-refractivity contribution in [2.45, 2.75) is 32.2 Å². The Hall–Kier alpha value is -1.06. The molecule has 116 valence electrons. The molecule has 2 unspecified atom stereocenters. The van der Waals surface area contributed by atoms with E-state index < -0.39 is 0 Å². The van der Waals surface area contributed by atoms with Crippen molar-refractivity contribution in [1.29, 1.82) is 0 Å². The van der Waals surface area contributed by atoms with Crippen LogP contribution in [0, 0.1) is 5.92 Å². The second kappa shape index (κ2) is 6.37. The van der Waals surface area contributed by atoms with E-state index in [9.17, 15) is 0 Å². The Morgan fingerprint density at radius 1 is 1.24 bits per heavy atom. The summed E-state index contributed by atoms with van der Waals surface area (Å²) in [5, 5.41) is 3.54. The normalized spacial score (nSPS) is 26.1. The molecule has 1 N–H and O–H groups in total. The summed E-state index contributed by atoms with van der Waals surface area (Å²) >= 11 is 0. The van der Waals surface area contributed by atoms with Crippen LogP contribution in [0.25, 0.3) is 0 Å². The van der Waals surface area contributed by atoms with Crippen LogP contribution < -0.4 is 10.2 Å². The summed E-state index contributed by atoms with van der Waals surface area (Å²) in [6.45, 7) is 6.82. The van der Waals surface area contributed by atoms with Crippen molar-refractivity contribution in [2.24, 2.45) is 5.92 Å². The van der Waals surface area contributed by atoms with Gasteiger partial charge < -0.3 is 10.2 Å². The molecule has 0 spiro atoms. The Balaban J connectivity index is 1.84. The molecule has 0 amide bonds. The summed E-state index contributed by atoms with van der Waals surface area (Å²) in [6, 6.07) is 7.78. The van der Waals surface area contributed by atoms with Crippen molar-refractivity contribution < 1.29 is 0 Å². The van der Waals surface area contributed by atoms with E-state index >= 15 is 0 Å². The Morgan fingerprint density at radius 2 is 2.10 bits per heavy atom. The highest BCUT2D eigenvalue weighted by atomic mass is 15.2. The van der Waals surface area contributed by atoms with E-state index in [1.165, 1.54) is 43.6 Å². The number of aryl methyl sites for hydroxylation is 1. The summed E-state index contributed by atoms with van der Waals surface area (Å²) < 4.78 is 0. The van der Waals surface area contributed by atoms with E-state index in [-0.39, 0.29) is 0 Å². The van der Waals surface area contributed by atoms with E-state index in [0.29, 0.717) is 6.04 Å². The summed E-state index contributed by atoms with van der Waals surface area (Å²) in [6.07, 6.45) is 3.83. The Morgan fingerprint density at radius 3 is 2.90 bits per heavy atom.